The maximum Gasteiger partial charge on any atom is 0.155 e. The van der Waals surface area contributed by atoms with Crippen LogP contribution in [0.15, 0.2) is 84.6 Å². The summed E-state index contributed by atoms with van der Waals surface area (Å²) in [6.45, 7) is 2.85. The molecule has 32 heavy (non-hydrogen) atoms. The van der Waals surface area contributed by atoms with E-state index in [1.807, 2.05) is 18.2 Å². The predicted molar refractivity (Wildman–Crippen MR) is 127 cm³/mol. The molecule has 0 atom stereocenters. The van der Waals surface area contributed by atoms with Gasteiger partial charge in [-0.2, -0.15) is 0 Å². The number of pyridine rings is 1. The molecule has 4 heteroatoms. The Balaban J connectivity index is 0.000000318. The van der Waals surface area contributed by atoms with E-state index in [2.05, 4.69) is 72.8 Å². The molecule has 1 aliphatic carbocycles. The van der Waals surface area contributed by atoms with Crippen LogP contribution in [-0.4, -0.2) is 15.9 Å². The van der Waals surface area contributed by atoms with Gasteiger partial charge in [-0.05, 0) is 36.7 Å². The van der Waals surface area contributed by atoms with Crippen LogP contribution in [0, 0.1) is 6.07 Å². The van der Waals surface area contributed by atoms with Crippen LogP contribution in [-0.2, 0) is 24.9 Å². The molecule has 1 aliphatic rings. The standard InChI is InChI=1S/C23H14N.C5H8O2.Ir/c1-2-7-16(8-3-1)19-10-4-5-11-20(19)22-15-18-14-13-17-9-6-12-21(24-22)23(17)18;1-4(6)3-5(2)7;/h1-10,12-15H;3,6H,1-2H3;/q-1;;/b;4-3-;. The summed E-state index contributed by atoms with van der Waals surface area (Å²) in [4.78, 5) is 14.9. The predicted octanol–water partition coefficient (Wildman–Crippen LogP) is 6.89. The smallest absolute Gasteiger partial charge is 0.155 e. The molecule has 0 saturated heterocycles. The minimum atomic E-state index is -0.125. The Kier molecular flexibility index (Phi) is 7.53. The number of carbonyl (C=O) groups excluding carboxylic acids is 1. The third-order valence-corrected chi connectivity index (χ3v) is 4.95. The van der Waals surface area contributed by atoms with Crippen LogP contribution in [0.3, 0.4) is 0 Å². The van der Waals surface area contributed by atoms with E-state index in [1.165, 1.54) is 42.0 Å². The first kappa shape index (κ1) is 23.3. The number of carbonyl (C=O) groups is 1. The van der Waals surface area contributed by atoms with Gasteiger partial charge < -0.3 is 5.11 Å². The Labute approximate surface area is 201 Å². The van der Waals surface area contributed by atoms with Gasteiger partial charge in [-0.15, -0.1) is 29.8 Å². The zero-order valence-electron chi connectivity index (χ0n) is 17.8. The monoisotopic (exact) mass is 597 g/mol. The Morgan fingerprint density at radius 3 is 2.38 bits per heavy atom. The van der Waals surface area contributed by atoms with Crippen molar-refractivity contribution in [2.75, 3.05) is 0 Å². The van der Waals surface area contributed by atoms with Crippen molar-refractivity contribution in [3.05, 3.63) is 102 Å². The molecule has 0 saturated carbocycles. The van der Waals surface area contributed by atoms with E-state index in [-0.39, 0.29) is 31.6 Å². The first-order chi connectivity index (χ1) is 15.0. The summed E-state index contributed by atoms with van der Waals surface area (Å²) in [5, 5.41) is 9.61. The largest absolute Gasteiger partial charge is 0.512 e. The van der Waals surface area contributed by atoms with Gasteiger partial charge in [0.15, 0.2) is 5.78 Å². The summed E-state index contributed by atoms with van der Waals surface area (Å²) in [6.07, 6.45) is 5.50. The van der Waals surface area contributed by atoms with E-state index in [9.17, 15) is 4.79 Å². The van der Waals surface area contributed by atoms with Crippen molar-refractivity contribution in [3.8, 4) is 22.4 Å². The Morgan fingerprint density at radius 1 is 0.938 bits per heavy atom. The van der Waals surface area contributed by atoms with Crippen LogP contribution in [0.5, 0.6) is 0 Å². The van der Waals surface area contributed by atoms with Crippen molar-refractivity contribution >= 4 is 28.8 Å². The number of hydrogen-bond donors (Lipinski definition) is 1. The summed E-state index contributed by atoms with van der Waals surface area (Å²) < 4.78 is 0. The summed E-state index contributed by atoms with van der Waals surface area (Å²) in [7, 11) is 0. The molecule has 3 aromatic carbocycles. The van der Waals surface area contributed by atoms with Crippen molar-refractivity contribution in [2.45, 2.75) is 13.8 Å². The van der Waals surface area contributed by atoms with E-state index in [4.69, 9.17) is 10.1 Å². The second-order valence-electron chi connectivity index (χ2n) is 7.39. The summed E-state index contributed by atoms with van der Waals surface area (Å²) >= 11 is 0. The Morgan fingerprint density at radius 2 is 1.69 bits per heavy atom. The van der Waals surface area contributed by atoms with Crippen molar-refractivity contribution in [2.24, 2.45) is 0 Å². The van der Waals surface area contributed by atoms with Gasteiger partial charge in [-0.3, -0.25) is 9.78 Å². The summed E-state index contributed by atoms with van der Waals surface area (Å²) in [5.41, 5.74) is 7.90. The molecule has 0 spiro atoms. The number of aliphatic hydroxyl groups excluding tert-OH is 1. The molecule has 0 bridgehead atoms. The fourth-order valence-corrected chi connectivity index (χ4v) is 3.73. The zero-order chi connectivity index (χ0) is 21.8. The second-order valence-corrected chi connectivity index (χ2v) is 7.39. The van der Waals surface area contributed by atoms with Crippen LogP contribution >= 0.6 is 0 Å². The van der Waals surface area contributed by atoms with E-state index in [0.717, 1.165) is 22.3 Å². The molecule has 0 unspecified atom stereocenters. The summed E-state index contributed by atoms with van der Waals surface area (Å²) in [6, 6.07) is 28.4. The molecule has 1 N–H and O–H groups in total. The molecule has 1 heterocycles. The molecule has 5 rings (SSSR count). The fraction of sp³-hybridized carbons (Fsp3) is 0.0714. The van der Waals surface area contributed by atoms with Crippen LogP contribution < -0.4 is 0 Å². The molecule has 0 amide bonds. The number of aromatic nitrogens is 1. The van der Waals surface area contributed by atoms with Crippen LogP contribution in [0.2, 0.25) is 0 Å². The van der Waals surface area contributed by atoms with Gasteiger partial charge in [0.2, 0.25) is 0 Å². The number of allylic oxidation sites excluding steroid dienone is 2. The molecule has 0 fully saturated rings. The first-order valence-electron chi connectivity index (χ1n) is 10.1. The molecule has 1 radical (unpaired) electrons. The number of rotatable bonds is 3. The number of benzene rings is 3. The third kappa shape index (κ3) is 5.11. The van der Waals surface area contributed by atoms with E-state index in [1.54, 1.807) is 0 Å². The molecule has 4 aromatic rings. The van der Waals surface area contributed by atoms with Gasteiger partial charge in [-0.25, -0.2) is 0 Å². The van der Waals surface area contributed by atoms with Crippen LogP contribution in [0.4, 0.5) is 0 Å². The van der Waals surface area contributed by atoms with Gasteiger partial charge >= 0.3 is 0 Å². The Bertz CT molecular complexity index is 1320. The molecule has 3 nitrogen and oxygen atoms in total. The van der Waals surface area contributed by atoms with Crippen LogP contribution in [0.1, 0.15) is 25.0 Å². The average molecular weight is 597 g/mol. The topological polar surface area (TPSA) is 50.2 Å². The molecule has 1 aromatic heterocycles. The number of nitrogens with zero attached hydrogens (tertiary/aromatic N) is 1. The molecule has 161 valence electrons. The Hall–Kier alpha value is -3.33. The quantitative estimate of drug-likeness (QED) is 0.140. The van der Waals surface area contributed by atoms with Gasteiger partial charge in [0, 0.05) is 31.6 Å². The minimum absolute atomic E-state index is 0. The second kappa shape index (κ2) is 10.3. The van der Waals surface area contributed by atoms with Gasteiger partial charge in [0.25, 0.3) is 0 Å². The van der Waals surface area contributed by atoms with Crippen molar-refractivity contribution < 1.29 is 30.0 Å². The molecular formula is C28H22IrNO2-. The molecular weight excluding hydrogens is 575 g/mol. The van der Waals surface area contributed by atoms with E-state index >= 15 is 0 Å². The van der Waals surface area contributed by atoms with E-state index < -0.39 is 0 Å². The maximum atomic E-state index is 10.0. The van der Waals surface area contributed by atoms with Gasteiger partial charge in [0.1, 0.15) is 0 Å². The average Bonchev–Trinajstić information content (AvgIpc) is 3.18. The van der Waals surface area contributed by atoms with Crippen molar-refractivity contribution in [1.82, 2.24) is 4.98 Å². The minimum Gasteiger partial charge on any atom is -0.512 e. The van der Waals surface area contributed by atoms with Gasteiger partial charge in [0.05, 0.1) is 11.3 Å². The summed E-state index contributed by atoms with van der Waals surface area (Å²) in [5.74, 6) is -0.0625. The third-order valence-electron chi connectivity index (χ3n) is 4.95. The fourth-order valence-electron chi connectivity index (χ4n) is 3.73. The number of aliphatic hydroxyl groups is 1. The number of ketones is 1. The van der Waals surface area contributed by atoms with Gasteiger partial charge in [-0.1, -0.05) is 71.8 Å². The van der Waals surface area contributed by atoms with Crippen molar-refractivity contribution in [1.29, 1.82) is 0 Å². The normalized spacial score (nSPS) is 11.5. The number of hydrogen-bond acceptors (Lipinski definition) is 3. The maximum absolute atomic E-state index is 10.0. The van der Waals surface area contributed by atoms with Crippen molar-refractivity contribution in [3.63, 3.8) is 0 Å². The van der Waals surface area contributed by atoms with Crippen LogP contribution in [0.25, 0.3) is 45.4 Å². The molecule has 0 aliphatic heterocycles. The zero-order valence-corrected chi connectivity index (χ0v) is 20.2. The SMILES string of the molecule is CC(=O)/C=C(/C)O.[Ir].[c-]1cccc(-c2ccccc2)c1-c1cc2c3c(cccc3n1)C=C2. The first-order valence-corrected chi connectivity index (χ1v) is 10.1. The van der Waals surface area contributed by atoms with E-state index in [0.29, 0.717) is 0 Å².